The number of ether oxygens (including phenoxy) is 4. The molecule has 0 aliphatic rings. The van der Waals surface area contributed by atoms with Crippen LogP contribution < -0.4 is 0 Å². The summed E-state index contributed by atoms with van der Waals surface area (Å²) in [7, 11) is -9.89. The molecule has 0 aromatic heterocycles. The average molecular weight is 1210 g/mol. The van der Waals surface area contributed by atoms with E-state index in [9.17, 15) is 43.2 Å². The first-order valence-corrected chi connectivity index (χ1v) is 35.8. The van der Waals surface area contributed by atoms with Gasteiger partial charge in [0, 0.05) is 25.7 Å². The molecule has 0 aliphatic carbocycles. The van der Waals surface area contributed by atoms with E-state index in [1.807, 2.05) is 0 Å². The van der Waals surface area contributed by atoms with E-state index in [-0.39, 0.29) is 25.7 Å². The Morgan fingerprint density at radius 2 is 0.585 bits per heavy atom. The lowest BCUT2D eigenvalue weighted by Gasteiger charge is -2.21. The number of hydrogen-bond acceptors (Lipinski definition) is 15. The number of carbonyl (C=O) groups is 4. The lowest BCUT2D eigenvalue weighted by atomic mass is 10.00. The average Bonchev–Trinajstić information content (AvgIpc) is 3.48. The third-order valence-electron chi connectivity index (χ3n) is 15.0. The van der Waals surface area contributed by atoms with Crippen LogP contribution in [0.2, 0.25) is 0 Å². The Morgan fingerprint density at radius 3 is 0.866 bits per heavy atom. The van der Waals surface area contributed by atoms with Crippen LogP contribution in [0.15, 0.2) is 0 Å². The second-order valence-corrected chi connectivity index (χ2v) is 27.1. The van der Waals surface area contributed by atoms with Gasteiger partial charge in [-0.05, 0) is 49.4 Å². The monoisotopic (exact) mass is 1210 g/mol. The van der Waals surface area contributed by atoms with Crippen molar-refractivity contribution in [2.24, 2.45) is 23.7 Å². The van der Waals surface area contributed by atoms with Crippen molar-refractivity contribution in [3.63, 3.8) is 0 Å². The third kappa shape index (κ3) is 54.7. The molecule has 0 amide bonds. The summed E-state index contributed by atoms with van der Waals surface area (Å²) in [6, 6.07) is 0. The van der Waals surface area contributed by atoms with Gasteiger partial charge in [-0.25, -0.2) is 9.13 Å². The van der Waals surface area contributed by atoms with Gasteiger partial charge < -0.3 is 33.8 Å². The molecular weight excluding hydrogens is 1090 g/mol. The molecule has 0 radical (unpaired) electrons. The first-order chi connectivity index (χ1) is 39.2. The van der Waals surface area contributed by atoms with Gasteiger partial charge in [-0.2, -0.15) is 0 Å². The van der Waals surface area contributed by atoms with E-state index in [4.69, 9.17) is 37.0 Å². The van der Waals surface area contributed by atoms with Crippen LogP contribution in [-0.4, -0.2) is 96.7 Å². The number of aliphatic hydroxyl groups excluding tert-OH is 1. The van der Waals surface area contributed by atoms with Crippen molar-refractivity contribution < 1.29 is 80.2 Å². The molecular formula is C63H122O17P2. The van der Waals surface area contributed by atoms with Crippen LogP contribution in [0, 0.1) is 23.7 Å². The zero-order chi connectivity index (χ0) is 61.1. The molecule has 0 aromatic carbocycles. The minimum absolute atomic E-state index is 0.101. The summed E-state index contributed by atoms with van der Waals surface area (Å²) in [5.41, 5.74) is 0. The fourth-order valence-electron chi connectivity index (χ4n) is 9.19. The first kappa shape index (κ1) is 80.1. The zero-order valence-electron chi connectivity index (χ0n) is 53.1. The number of hydrogen-bond donors (Lipinski definition) is 3. The number of phosphoric acid groups is 2. The normalized spacial score (nSPS) is 15.1. The van der Waals surface area contributed by atoms with Gasteiger partial charge >= 0.3 is 39.5 Å². The van der Waals surface area contributed by atoms with Crippen LogP contribution in [0.4, 0.5) is 0 Å². The Kier molecular flexibility index (Phi) is 52.0. The fraction of sp³-hybridized carbons (Fsp3) is 0.937. The van der Waals surface area contributed by atoms with Crippen molar-refractivity contribution in [3.8, 4) is 0 Å². The van der Waals surface area contributed by atoms with Crippen LogP contribution >= 0.6 is 15.6 Å². The van der Waals surface area contributed by atoms with Gasteiger partial charge in [0.05, 0.1) is 26.4 Å². The number of esters is 4. The van der Waals surface area contributed by atoms with Crippen LogP contribution in [0.25, 0.3) is 0 Å². The summed E-state index contributed by atoms with van der Waals surface area (Å²) >= 11 is 0. The van der Waals surface area contributed by atoms with Crippen molar-refractivity contribution in [2.75, 3.05) is 39.6 Å². The van der Waals surface area contributed by atoms with E-state index in [2.05, 4.69) is 55.4 Å². The first-order valence-electron chi connectivity index (χ1n) is 32.8. The Hall–Kier alpha value is -1.94. The molecule has 7 atom stereocenters. The molecule has 0 spiro atoms. The van der Waals surface area contributed by atoms with E-state index in [1.54, 1.807) is 0 Å². The highest BCUT2D eigenvalue weighted by molar-refractivity contribution is 7.47. The number of rotatable bonds is 60. The van der Waals surface area contributed by atoms with Gasteiger partial charge in [0.1, 0.15) is 19.3 Å². The number of phosphoric ester groups is 2. The van der Waals surface area contributed by atoms with Crippen molar-refractivity contribution in [1.29, 1.82) is 0 Å². The fourth-order valence-corrected chi connectivity index (χ4v) is 10.8. The highest BCUT2D eigenvalue weighted by Gasteiger charge is 2.30. The van der Waals surface area contributed by atoms with E-state index >= 15 is 0 Å². The standard InChI is InChI=1S/C63H122O17P2/c1-9-55(7)41-33-25-19-21-29-37-45-62(67)79-58(49-73-60(65)43-35-27-17-13-11-12-15-23-31-39-53(3)4)51-77-81(69,70)75-47-57(64)48-76-82(71,72)78-52-59(80-63(68)46-38-30-22-20-26-34-42-56(8)10-2)50-74-61(66)44-36-28-18-14-16-24-32-40-54(5)6/h53-59,64H,9-52H2,1-8H3,(H,69,70)(H,71,72)/t55?,56?,57?,58-,59-/m1/s1. The van der Waals surface area contributed by atoms with E-state index in [0.29, 0.717) is 31.6 Å². The molecule has 3 N–H and O–H groups in total. The predicted molar refractivity (Wildman–Crippen MR) is 326 cm³/mol. The summed E-state index contributed by atoms with van der Waals surface area (Å²) in [4.78, 5) is 72.1. The second-order valence-electron chi connectivity index (χ2n) is 24.2. The molecule has 0 aromatic rings. The Balaban J connectivity index is 5.26. The topological polar surface area (TPSA) is 237 Å². The Labute approximate surface area is 498 Å². The van der Waals surface area contributed by atoms with Gasteiger partial charge in [-0.15, -0.1) is 0 Å². The SMILES string of the molecule is CCC(C)CCCCCCCCC(=O)O[C@H](COC(=O)CCCCCCCCCCCC(C)C)COP(=O)(O)OCC(O)COP(=O)(O)OC[C@@H](COC(=O)CCCCCCCCCC(C)C)OC(=O)CCCCCCCCC(C)CC. The lowest BCUT2D eigenvalue weighted by molar-refractivity contribution is -0.161. The largest absolute Gasteiger partial charge is 0.472 e. The predicted octanol–water partition coefficient (Wildman–Crippen LogP) is 17.0. The number of aliphatic hydroxyl groups is 1. The maximum atomic E-state index is 13.0. The summed E-state index contributed by atoms with van der Waals surface area (Å²) in [5.74, 6) is 0.744. The molecule has 0 saturated carbocycles. The van der Waals surface area contributed by atoms with Crippen molar-refractivity contribution >= 4 is 39.5 Å². The van der Waals surface area contributed by atoms with Gasteiger partial charge in [-0.1, -0.05) is 248 Å². The molecule has 0 heterocycles. The lowest BCUT2D eigenvalue weighted by Crippen LogP contribution is -2.30. The van der Waals surface area contributed by atoms with E-state index in [0.717, 1.165) is 114 Å². The van der Waals surface area contributed by atoms with Crippen LogP contribution in [0.1, 0.15) is 299 Å². The van der Waals surface area contributed by atoms with E-state index < -0.39 is 97.5 Å². The highest BCUT2D eigenvalue weighted by atomic mass is 31.2. The summed E-state index contributed by atoms with van der Waals surface area (Å²) in [6.45, 7) is 13.9. The molecule has 0 fully saturated rings. The molecule has 19 heteroatoms. The van der Waals surface area contributed by atoms with E-state index in [1.165, 1.54) is 96.3 Å². The Morgan fingerprint density at radius 1 is 0.341 bits per heavy atom. The summed E-state index contributed by atoms with van der Waals surface area (Å²) in [6.07, 6.45) is 32.3. The quantitative estimate of drug-likeness (QED) is 0.0222. The minimum atomic E-state index is -4.94. The third-order valence-corrected chi connectivity index (χ3v) is 16.9. The summed E-state index contributed by atoms with van der Waals surface area (Å²) < 4.78 is 67.9. The molecule has 17 nitrogen and oxygen atoms in total. The molecule has 0 saturated heterocycles. The molecule has 0 bridgehead atoms. The van der Waals surface area contributed by atoms with Crippen LogP contribution in [-0.2, 0) is 65.4 Å². The van der Waals surface area contributed by atoms with Crippen LogP contribution in [0.5, 0.6) is 0 Å². The second kappa shape index (κ2) is 53.3. The van der Waals surface area contributed by atoms with Gasteiger partial charge in [0.25, 0.3) is 0 Å². The minimum Gasteiger partial charge on any atom is -0.462 e. The maximum absolute atomic E-state index is 13.0. The van der Waals surface area contributed by atoms with Gasteiger partial charge in [-0.3, -0.25) is 37.3 Å². The molecule has 0 aliphatic heterocycles. The van der Waals surface area contributed by atoms with Crippen molar-refractivity contribution in [1.82, 2.24) is 0 Å². The summed E-state index contributed by atoms with van der Waals surface area (Å²) in [5, 5.41) is 10.5. The van der Waals surface area contributed by atoms with Crippen molar-refractivity contribution in [2.45, 2.75) is 318 Å². The van der Waals surface area contributed by atoms with Crippen LogP contribution in [0.3, 0.4) is 0 Å². The highest BCUT2D eigenvalue weighted by Crippen LogP contribution is 2.45. The van der Waals surface area contributed by atoms with Gasteiger partial charge in [0.15, 0.2) is 12.2 Å². The zero-order valence-corrected chi connectivity index (χ0v) is 54.9. The number of unbranched alkanes of at least 4 members (excludes halogenated alkanes) is 24. The smallest absolute Gasteiger partial charge is 0.462 e. The number of carbonyl (C=O) groups excluding carboxylic acids is 4. The molecule has 0 rings (SSSR count). The Bertz CT molecular complexity index is 1650. The van der Waals surface area contributed by atoms with Gasteiger partial charge in [0.2, 0.25) is 0 Å². The molecule has 82 heavy (non-hydrogen) atoms. The molecule has 486 valence electrons. The van der Waals surface area contributed by atoms with Crippen molar-refractivity contribution in [3.05, 3.63) is 0 Å². The molecule has 5 unspecified atom stereocenters. The maximum Gasteiger partial charge on any atom is 0.472 e.